The average Bonchev–Trinajstić information content (AvgIpc) is 2.98. The lowest BCUT2D eigenvalue weighted by atomic mass is 10.2. The van der Waals surface area contributed by atoms with Crippen LogP contribution in [-0.4, -0.2) is 55.1 Å². The summed E-state index contributed by atoms with van der Waals surface area (Å²) in [6, 6.07) is 9.99. The van der Waals surface area contributed by atoms with Crippen molar-refractivity contribution in [3.63, 3.8) is 0 Å². The molecule has 138 valence electrons. The number of rotatable bonds is 5. The van der Waals surface area contributed by atoms with Gasteiger partial charge in [0, 0.05) is 44.8 Å². The largest absolute Gasteiger partial charge is 0.350 e. The van der Waals surface area contributed by atoms with Crippen LogP contribution in [0.3, 0.4) is 0 Å². The van der Waals surface area contributed by atoms with Crippen LogP contribution in [0.4, 0.5) is 0 Å². The fourth-order valence-corrected chi connectivity index (χ4v) is 3.64. The van der Waals surface area contributed by atoms with Crippen molar-refractivity contribution < 1.29 is 4.79 Å². The van der Waals surface area contributed by atoms with Gasteiger partial charge in [0.2, 0.25) is 0 Å². The molecule has 1 saturated heterocycles. The van der Waals surface area contributed by atoms with Crippen molar-refractivity contribution in [3.8, 4) is 10.6 Å². The van der Waals surface area contributed by atoms with Crippen LogP contribution in [0.15, 0.2) is 30.3 Å². The first-order valence-electron chi connectivity index (χ1n) is 7.98. The van der Waals surface area contributed by atoms with E-state index in [-0.39, 0.29) is 30.7 Å². The molecule has 1 aliphatic rings. The number of nitrogens with one attached hydrogen (secondary N) is 2. The third-order valence-electron chi connectivity index (χ3n) is 3.95. The molecule has 1 fully saturated rings. The summed E-state index contributed by atoms with van der Waals surface area (Å²) in [5, 5.41) is 7.25. The van der Waals surface area contributed by atoms with E-state index in [1.165, 1.54) is 11.3 Å². The zero-order valence-electron chi connectivity index (χ0n) is 14.2. The fraction of sp³-hybridized carbons (Fsp3) is 0.412. The zero-order valence-corrected chi connectivity index (χ0v) is 16.6. The first-order chi connectivity index (χ1) is 11.2. The summed E-state index contributed by atoms with van der Waals surface area (Å²) in [5.74, 6) is -0.0164. The number of carbonyl (C=O) groups excluding carboxylic acids is 1. The first-order valence-corrected chi connectivity index (χ1v) is 8.80. The maximum absolute atomic E-state index is 12.4. The SMILES string of the molecule is Cc1nc(-c2ccccc2)sc1C(=O)NCCN1CCNCC1.Cl.Cl. The molecule has 0 aliphatic carbocycles. The number of aromatic nitrogens is 1. The fourth-order valence-electron chi connectivity index (χ4n) is 2.65. The second-order valence-corrected chi connectivity index (χ2v) is 6.65. The molecule has 0 unspecified atom stereocenters. The molecule has 1 aliphatic heterocycles. The monoisotopic (exact) mass is 402 g/mol. The Hall–Kier alpha value is -1.18. The number of halogens is 2. The van der Waals surface area contributed by atoms with Gasteiger partial charge in [-0.15, -0.1) is 36.2 Å². The minimum absolute atomic E-state index is 0. The lowest BCUT2D eigenvalue weighted by molar-refractivity contribution is 0.0950. The van der Waals surface area contributed by atoms with E-state index in [4.69, 9.17) is 0 Å². The number of piperazine rings is 1. The van der Waals surface area contributed by atoms with Gasteiger partial charge < -0.3 is 10.6 Å². The standard InChI is InChI=1S/C17H22N4OS.2ClH/c1-13-15(23-17(20-13)14-5-3-2-4-6-14)16(22)19-9-12-21-10-7-18-8-11-21;;/h2-6,18H,7-12H2,1H3,(H,19,22);2*1H. The summed E-state index contributed by atoms with van der Waals surface area (Å²) in [6.45, 7) is 7.63. The van der Waals surface area contributed by atoms with Gasteiger partial charge in [0.1, 0.15) is 9.88 Å². The molecule has 0 saturated carbocycles. The molecule has 2 N–H and O–H groups in total. The number of nitrogens with zero attached hydrogens (tertiary/aromatic N) is 2. The number of carbonyl (C=O) groups is 1. The number of hydrogen-bond acceptors (Lipinski definition) is 5. The Balaban J connectivity index is 0.00000156. The molecular formula is C17H24Cl2N4OS. The van der Waals surface area contributed by atoms with Crippen molar-refractivity contribution in [1.29, 1.82) is 0 Å². The lowest BCUT2D eigenvalue weighted by Gasteiger charge is -2.27. The molecule has 3 rings (SSSR count). The van der Waals surface area contributed by atoms with E-state index >= 15 is 0 Å². The molecule has 1 aromatic heterocycles. The molecule has 1 aromatic carbocycles. The second-order valence-electron chi connectivity index (χ2n) is 5.65. The zero-order chi connectivity index (χ0) is 16.1. The van der Waals surface area contributed by atoms with E-state index < -0.39 is 0 Å². The number of benzene rings is 1. The summed E-state index contributed by atoms with van der Waals surface area (Å²) in [6.07, 6.45) is 0. The number of hydrogen-bond donors (Lipinski definition) is 2. The molecule has 25 heavy (non-hydrogen) atoms. The third-order valence-corrected chi connectivity index (χ3v) is 5.15. The highest BCUT2D eigenvalue weighted by molar-refractivity contribution is 7.17. The van der Waals surface area contributed by atoms with Crippen LogP contribution in [0.2, 0.25) is 0 Å². The maximum atomic E-state index is 12.4. The molecule has 5 nitrogen and oxygen atoms in total. The topological polar surface area (TPSA) is 57.3 Å². The Kier molecular flexibility index (Phi) is 9.38. The van der Waals surface area contributed by atoms with E-state index in [0.29, 0.717) is 11.4 Å². The highest BCUT2D eigenvalue weighted by Crippen LogP contribution is 2.27. The van der Waals surface area contributed by atoms with Crippen molar-refractivity contribution in [3.05, 3.63) is 40.9 Å². The van der Waals surface area contributed by atoms with E-state index in [2.05, 4.69) is 20.5 Å². The quantitative estimate of drug-likeness (QED) is 0.806. The predicted octanol–water partition coefficient (Wildman–Crippen LogP) is 2.60. The van der Waals surface area contributed by atoms with E-state index in [0.717, 1.165) is 49.0 Å². The highest BCUT2D eigenvalue weighted by Gasteiger charge is 2.16. The summed E-state index contributed by atoms with van der Waals surface area (Å²) in [4.78, 5) is 20.0. The van der Waals surface area contributed by atoms with Gasteiger partial charge >= 0.3 is 0 Å². The number of thiazole rings is 1. The van der Waals surface area contributed by atoms with Crippen molar-refractivity contribution in [2.24, 2.45) is 0 Å². The van der Waals surface area contributed by atoms with Crippen molar-refractivity contribution >= 4 is 42.1 Å². The van der Waals surface area contributed by atoms with Gasteiger partial charge in [-0.2, -0.15) is 0 Å². The van der Waals surface area contributed by atoms with Gasteiger partial charge in [-0.3, -0.25) is 9.69 Å². The molecule has 0 atom stereocenters. The van der Waals surface area contributed by atoms with Crippen LogP contribution in [0, 0.1) is 6.92 Å². The minimum Gasteiger partial charge on any atom is -0.350 e. The van der Waals surface area contributed by atoms with Crippen LogP contribution in [0.1, 0.15) is 15.4 Å². The van der Waals surface area contributed by atoms with E-state index in [1.54, 1.807) is 0 Å². The highest BCUT2D eigenvalue weighted by atomic mass is 35.5. The Labute approximate surface area is 165 Å². The molecular weight excluding hydrogens is 379 g/mol. The number of aryl methyl sites for hydroxylation is 1. The van der Waals surface area contributed by atoms with Crippen molar-refractivity contribution in [1.82, 2.24) is 20.5 Å². The lowest BCUT2D eigenvalue weighted by Crippen LogP contribution is -2.46. The summed E-state index contributed by atoms with van der Waals surface area (Å²) in [7, 11) is 0. The van der Waals surface area contributed by atoms with Crippen molar-refractivity contribution in [2.45, 2.75) is 6.92 Å². The summed E-state index contributed by atoms with van der Waals surface area (Å²) < 4.78 is 0. The summed E-state index contributed by atoms with van der Waals surface area (Å²) in [5.41, 5.74) is 1.86. The van der Waals surface area contributed by atoms with Crippen molar-refractivity contribution in [2.75, 3.05) is 39.3 Å². The Bertz CT molecular complexity index is 660. The van der Waals surface area contributed by atoms with Gasteiger partial charge in [0.25, 0.3) is 5.91 Å². The smallest absolute Gasteiger partial charge is 0.263 e. The van der Waals surface area contributed by atoms with Crippen LogP contribution in [0.5, 0.6) is 0 Å². The Morgan fingerprint density at radius 3 is 2.60 bits per heavy atom. The van der Waals surface area contributed by atoms with Gasteiger partial charge in [-0.1, -0.05) is 30.3 Å². The molecule has 0 radical (unpaired) electrons. The second kappa shape index (κ2) is 10.7. The molecule has 1 amide bonds. The van der Waals surface area contributed by atoms with Crippen LogP contribution < -0.4 is 10.6 Å². The Morgan fingerprint density at radius 1 is 1.24 bits per heavy atom. The summed E-state index contributed by atoms with van der Waals surface area (Å²) >= 11 is 1.46. The van der Waals surface area contributed by atoms with Gasteiger partial charge in [-0.25, -0.2) is 4.98 Å². The van der Waals surface area contributed by atoms with Gasteiger partial charge in [-0.05, 0) is 6.92 Å². The van der Waals surface area contributed by atoms with E-state index in [1.807, 2.05) is 37.3 Å². The van der Waals surface area contributed by atoms with Gasteiger partial charge in [0.05, 0.1) is 5.69 Å². The van der Waals surface area contributed by atoms with E-state index in [9.17, 15) is 4.79 Å². The van der Waals surface area contributed by atoms with Crippen LogP contribution in [0.25, 0.3) is 10.6 Å². The molecule has 2 heterocycles. The number of amides is 1. The average molecular weight is 403 g/mol. The van der Waals surface area contributed by atoms with Crippen LogP contribution >= 0.6 is 36.2 Å². The molecule has 8 heteroatoms. The molecule has 0 spiro atoms. The normalized spacial score (nSPS) is 14.3. The van der Waals surface area contributed by atoms with Crippen LogP contribution in [-0.2, 0) is 0 Å². The predicted molar refractivity (Wildman–Crippen MR) is 108 cm³/mol. The minimum atomic E-state index is -0.0164. The Morgan fingerprint density at radius 2 is 1.92 bits per heavy atom. The first kappa shape index (κ1) is 21.9. The third kappa shape index (κ3) is 5.94. The maximum Gasteiger partial charge on any atom is 0.263 e. The molecule has 0 bridgehead atoms. The molecule has 2 aromatic rings. The van der Waals surface area contributed by atoms with Gasteiger partial charge in [0.15, 0.2) is 0 Å².